The second-order valence-corrected chi connectivity index (χ2v) is 3.72. The Morgan fingerprint density at radius 1 is 1.24 bits per heavy atom. The summed E-state index contributed by atoms with van der Waals surface area (Å²) in [5.74, 6) is -0.831. The summed E-state index contributed by atoms with van der Waals surface area (Å²) in [5, 5.41) is 1.93. The molecule has 2 aromatic rings. The summed E-state index contributed by atoms with van der Waals surface area (Å²) in [6.07, 6.45) is -1.71. The molecule has 0 bridgehead atoms. The van der Waals surface area contributed by atoms with E-state index in [9.17, 15) is 9.18 Å². The van der Waals surface area contributed by atoms with Crippen LogP contribution in [0.15, 0.2) is 42.5 Å². The molecule has 2 aromatic carbocycles. The molecule has 0 amide bonds. The van der Waals surface area contributed by atoms with Gasteiger partial charge in [0, 0.05) is 0 Å². The lowest BCUT2D eigenvalue weighted by Gasteiger charge is -2.08. The van der Waals surface area contributed by atoms with Crippen molar-refractivity contribution in [2.45, 2.75) is 13.1 Å². The summed E-state index contributed by atoms with van der Waals surface area (Å²) in [6, 6.07) is 12.7. The third-order valence-corrected chi connectivity index (χ3v) is 2.56. The van der Waals surface area contributed by atoms with Crippen molar-refractivity contribution < 1.29 is 13.9 Å². The van der Waals surface area contributed by atoms with E-state index in [2.05, 4.69) is 4.74 Å². The molecule has 0 fully saturated rings. The summed E-state index contributed by atoms with van der Waals surface area (Å²) in [6.45, 7) is 1.85. The summed E-state index contributed by atoms with van der Waals surface area (Å²) in [7, 11) is 0. The zero-order valence-corrected chi connectivity index (χ0v) is 9.52. The van der Waals surface area contributed by atoms with E-state index in [-0.39, 0.29) is 6.61 Å². The van der Waals surface area contributed by atoms with E-state index in [0.717, 1.165) is 10.8 Å². The monoisotopic (exact) mass is 232 g/mol. The van der Waals surface area contributed by atoms with Crippen molar-refractivity contribution in [3.63, 3.8) is 0 Å². The highest BCUT2D eigenvalue weighted by Crippen LogP contribution is 2.23. The van der Waals surface area contributed by atoms with Gasteiger partial charge in [0.2, 0.25) is 6.17 Å². The molecule has 0 N–H and O–H groups in total. The first kappa shape index (κ1) is 11.6. The molecular weight excluding hydrogens is 219 g/mol. The minimum Gasteiger partial charge on any atom is -0.464 e. The van der Waals surface area contributed by atoms with E-state index in [1.165, 1.54) is 0 Å². The van der Waals surface area contributed by atoms with Gasteiger partial charge in [-0.15, -0.1) is 0 Å². The molecule has 0 aliphatic carbocycles. The molecule has 0 saturated heterocycles. The van der Waals surface area contributed by atoms with Gasteiger partial charge in [0.15, 0.2) is 0 Å². The Morgan fingerprint density at radius 3 is 2.65 bits per heavy atom. The van der Waals surface area contributed by atoms with Gasteiger partial charge in [-0.3, -0.25) is 0 Å². The van der Waals surface area contributed by atoms with Gasteiger partial charge in [-0.05, 0) is 29.3 Å². The number of carbonyl (C=O) groups excluding carboxylic acids is 1. The number of ether oxygens (including phenoxy) is 1. The first-order valence-corrected chi connectivity index (χ1v) is 5.51. The van der Waals surface area contributed by atoms with Gasteiger partial charge in [-0.1, -0.05) is 36.4 Å². The predicted octanol–water partition coefficient (Wildman–Crippen LogP) is 3.41. The van der Waals surface area contributed by atoms with Gasteiger partial charge < -0.3 is 4.74 Å². The molecule has 0 saturated carbocycles. The van der Waals surface area contributed by atoms with Crippen LogP contribution < -0.4 is 0 Å². The van der Waals surface area contributed by atoms with Gasteiger partial charge in [0.05, 0.1) is 6.61 Å². The normalized spacial score (nSPS) is 12.4. The van der Waals surface area contributed by atoms with Crippen molar-refractivity contribution in [2.24, 2.45) is 0 Å². The van der Waals surface area contributed by atoms with E-state index in [0.29, 0.717) is 5.56 Å². The van der Waals surface area contributed by atoms with Crippen LogP contribution in [0.1, 0.15) is 18.7 Å². The number of hydrogen-bond donors (Lipinski definition) is 0. The van der Waals surface area contributed by atoms with Gasteiger partial charge in [-0.2, -0.15) is 0 Å². The molecule has 0 aromatic heterocycles. The van der Waals surface area contributed by atoms with E-state index >= 15 is 0 Å². The maximum absolute atomic E-state index is 13.8. The first-order chi connectivity index (χ1) is 8.22. The highest BCUT2D eigenvalue weighted by atomic mass is 19.1. The number of carbonyl (C=O) groups is 1. The lowest BCUT2D eigenvalue weighted by atomic mass is 10.0. The van der Waals surface area contributed by atoms with Gasteiger partial charge >= 0.3 is 5.97 Å². The lowest BCUT2D eigenvalue weighted by Crippen LogP contribution is -2.11. The van der Waals surface area contributed by atoms with E-state index in [1.807, 2.05) is 24.3 Å². The molecular formula is C14H13FO2. The second-order valence-electron chi connectivity index (χ2n) is 3.72. The molecule has 2 nitrogen and oxygen atoms in total. The van der Waals surface area contributed by atoms with Crippen LogP contribution in [0, 0.1) is 0 Å². The fraction of sp³-hybridized carbons (Fsp3) is 0.214. The van der Waals surface area contributed by atoms with Crippen LogP contribution in [0.25, 0.3) is 10.8 Å². The number of rotatable bonds is 3. The van der Waals surface area contributed by atoms with Crippen LogP contribution in [0.5, 0.6) is 0 Å². The second kappa shape index (κ2) is 4.95. The third-order valence-electron chi connectivity index (χ3n) is 2.56. The maximum atomic E-state index is 13.8. The molecule has 0 radical (unpaired) electrons. The summed E-state index contributed by atoms with van der Waals surface area (Å²) in [5.41, 5.74) is 0.335. The number of alkyl halides is 1. The van der Waals surface area contributed by atoms with Crippen molar-refractivity contribution in [1.29, 1.82) is 0 Å². The smallest absolute Gasteiger partial charge is 0.345 e. The lowest BCUT2D eigenvalue weighted by molar-refractivity contribution is -0.149. The quantitative estimate of drug-likeness (QED) is 0.758. The molecule has 0 aliphatic heterocycles. The highest BCUT2D eigenvalue weighted by Gasteiger charge is 2.20. The summed E-state index contributed by atoms with van der Waals surface area (Å²) in [4.78, 5) is 11.3. The minimum atomic E-state index is -1.71. The number of fused-ring (bicyclic) bond motifs is 1. The summed E-state index contributed by atoms with van der Waals surface area (Å²) < 4.78 is 18.4. The fourth-order valence-corrected chi connectivity index (χ4v) is 1.72. The van der Waals surface area contributed by atoms with E-state index < -0.39 is 12.1 Å². The van der Waals surface area contributed by atoms with Crippen molar-refractivity contribution in [3.05, 3.63) is 48.0 Å². The Bertz CT molecular complexity index is 536. The fourth-order valence-electron chi connectivity index (χ4n) is 1.72. The summed E-state index contributed by atoms with van der Waals surface area (Å²) >= 11 is 0. The largest absolute Gasteiger partial charge is 0.464 e. The Balaban J connectivity index is 2.32. The average molecular weight is 232 g/mol. The van der Waals surface area contributed by atoms with Gasteiger partial charge in [-0.25, -0.2) is 9.18 Å². The van der Waals surface area contributed by atoms with Crippen molar-refractivity contribution in [2.75, 3.05) is 6.61 Å². The number of hydrogen-bond acceptors (Lipinski definition) is 2. The third kappa shape index (κ3) is 2.44. The molecule has 1 unspecified atom stereocenters. The molecule has 2 rings (SSSR count). The van der Waals surface area contributed by atoms with Crippen molar-refractivity contribution in [3.8, 4) is 0 Å². The Hall–Kier alpha value is -1.90. The van der Waals surface area contributed by atoms with Crippen LogP contribution in [0.3, 0.4) is 0 Å². The Morgan fingerprint density at radius 2 is 1.94 bits per heavy atom. The van der Waals surface area contributed by atoms with E-state index in [4.69, 9.17) is 0 Å². The van der Waals surface area contributed by atoms with Crippen molar-refractivity contribution in [1.82, 2.24) is 0 Å². The molecule has 88 valence electrons. The predicted molar refractivity (Wildman–Crippen MR) is 64.4 cm³/mol. The molecule has 0 heterocycles. The molecule has 3 heteroatoms. The molecule has 17 heavy (non-hydrogen) atoms. The van der Waals surface area contributed by atoms with E-state index in [1.54, 1.807) is 25.1 Å². The standard InChI is InChI=1S/C14H13FO2/c1-2-17-14(16)13(15)12-8-7-10-5-3-4-6-11(10)9-12/h3-9,13H,2H2,1H3. The van der Waals surface area contributed by atoms with Crippen LogP contribution in [-0.4, -0.2) is 12.6 Å². The number of halogens is 1. The van der Waals surface area contributed by atoms with Gasteiger partial charge in [0.1, 0.15) is 0 Å². The molecule has 1 atom stereocenters. The zero-order chi connectivity index (χ0) is 12.3. The highest BCUT2D eigenvalue weighted by molar-refractivity contribution is 5.85. The molecule has 0 spiro atoms. The van der Waals surface area contributed by atoms with Crippen LogP contribution in [0.2, 0.25) is 0 Å². The SMILES string of the molecule is CCOC(=O)C(F)c1ccc2ccccc2c1. The Kier molecular flexibility index (Phi) is 3.38. The zero-order valence-electron chi connectivity index (χ0n) is 9.52. The van der Waals surface area contributed by atoms with Crippen LogP contribution in [0.4, 0.5) is 4.39 Å². The molecule has 0 aliphatic rings. The topological polar surface area (TPSA) is 26.3 Å². The number of benzene rings is 2. The average Bonchev–Trinajstić information content (AvgIpc) is 2.37. The first-order valence-electron chi connectivity index (χ1n) is 5.51. The van der Waals surface area contributed by atoms with Crippen molar-refractivity contribution >= 4 is 16.7 Å². The maximum Gasteiger partial charge on any atom is 0.345 e. The Labute approximate surface area is 99.0 Å². The number of esters is 1. The van der Waals surface area contributed by atoms with Gasteiger partial charge in [0.25, 0.3) is 0 Å². The minimum absolute atomic E-state index is 0.187. The van der Waals surface area contributed by atoms with Crippen LogP contribution in [-0.2, 0) is 9.53 Å². The van der Waals surface area contributed by atoms with Crippen LogP contribution >= 0.6 is 0 Å².